The zero-order valence-electron chi connectivity index (χ0n) is 13.0. The molecule has 0 fully saturated rings. The van der Waals surface area contributed by atoms with E-state index in [1.54, 1.807) is 38.1 Å². The number of carbonyl (C=O) groups is 1. The lowest BCUT2D eigenvalue weighted by molar-refractivity contribution is -0.115. The molecule has 0 saturated carbocycles. The number of nitrogens with two attached hydrogens (primary N) is 1. The first-order valence-corrected chi connectivity index (χ1v) is 7.97. The van der Waals surface area contributed by atoms with Crippen molar-refractivity contribution in [3.8, 4) is 11.5 Å². The fourth-order valence-electron chi connectivity index (χ4n) is 1.87. The van der Waals surface area contributed by atoms with Crippen molar-refractivity contribution in [2.75, 3.05) is 31.0 Å². The van der Waals surface area contributed by atoms with Crippen LogP contribution in [-0.4, -0.2) is 30.9 Å². The van der Waals surface area contributed by atoms with Crippen molar-refractivity contribution >= 4 is 29.2 Å². The highest BCUT2D eigenvalue weighted by molar-refractivity contribution is 7.99. The van der Waals surface area contributed by atoms with Crippen LogP contribution in [0.1, 0.15) is 6.42 Å². The van der Waals surface area contributed by atoms with Gasteiger partial charge < -0.3 is 20.5 Å². The molecule has 0 aliphatic rings. The molecular formula is C16H19N3O3S. The molecule has 1 aromatic heterocycles. The second kappa shape index (κ2) is 8.28. The molecule has 2 aromatic rings. The molecule has 122 valence electrons. The van der Waals surface area contributed by atoms with E-state index in [1.807, 2.05) is 18.2 Å². The molecule has 1 amide bonds. The average Bonchev–Trinajstić information content (AvgIpc) is 2.56. The number of amides is 1. The highest BCUT2D eigenvalue weighted by atomic mass is 32.2. The molecule has 1 aromatic carbocycles. The van der Waals surface area contributed by atoms with E-state index >= 15 is 0 Å². The van der Waals surface area contributed by atoms with Crippen molar-refractivity contribution < 1.29 is 14.3 Å². The summed E-state index contributed by atoms with van der Waals surface area (Å²) in [6.45, 7) is 0. The van der Waals surface area contributed by atoms with Gasteiger partial charge in [-0.1, -0.05) is 0 Å². The number of ether oxygens (including phenoxy) is 2. The van der Waals surface area contributed by atoms with Crippen LogP contribution in [0.15, 0.2) is 41.4 Å². The SMILES string of the molecule is COc1ccc(SCCC(=O)Nc2ccc(N)nc2)cc1OC. The van der Waals surface area contributed by atoms with Crippen LogP contribution in [0.2, 0.25) is 0 Å². The minimum absolute atomic E-state index is 0.0652. The summed E-state index contributed by atoms with van der Waals surface area (Å²) in [6.07, 6.45) is 1.93. The molecule has 0 aliphatic heterocycles. The number of anilines is 2. The largest absolute Gasteiger partial charge is 0.493 e. The highest BCUT2D eigenvalue weighted by Crippen LogP contribution is 2.32. The number of rotatable bonds is 7. The maximum Gasteiger partial charge on any atom is 0.225 e. The smallest absolute Gasteiger partial charge is 0.225 e. The number of methoxy groups -OCH3 is 2. The Labute approximate surface area is 139 Å². The van der Waals surface area contributed by atoms with Crippen molar-refractivity contribution in [2.45, 2.75) is 11.3 Å². The highest BCUT2D eigenvalue weighted by Gasteiger charge is 2.07. The Morgan fingerprint density at radius 3 is 2.65 bits per heavy atom. The first-order chi connectivity index (χ1) is 11.1. The van der Waals surface area contributed by atoms with E-state index in [4.69, 9.17) is 15.2 Å². The number of benzene rings is 1. The third kappa shape index (κ3) is 5.07. The van der Waals surface area contributed by atoms with E-state index in [0.717, 1.165) is 4.90 Å². The van der Waals surface area contributed by atoms with Crippen molar-refractivity contribution in [1.82, 2.24) is 4.98 Å². The molecule has 0 aliphatic carbocycles. The predicted octanol–water partition coefficient (Wildman–Crippen LogP) is 2.80. The topological polar surface area (TPSA) is 86.5 Å². The van der Waals surface area contributed by atoms with Crippen LogP contribution in [-0.2, 0) is 4.79 Å². The Morgan fingerprint density at radius 1 is 1.22 bits per heavy atom. The van der Waals surface area contributed by atoms with Gasteiger partial charge in [0.25, 0.3) is 0 Å². The lowest BCUT2D eigenvalue weighted by atomic mass is 10.3. The maximum atomic E-state index is 11.9. The molecule has 2 rings (SSSR count). The van der Waals surface area contributed by atoms with Gasteiger partial charge in [0.2, 0.25) is 5.91 Å². The first-order valence-electron chi connectivity index (χ1n) is 6.98. The van der Waals surface area contributed by atoms with E-state index in [-0.39, 0.29) is 5.91 Å². The minimum Gasteiger partial charge on any atom is -0.493 e. The lowest BCUT2D eigenvalue weighted by Gasteiger charge is -2.09. The molecule has 0 saturated heterocycles. The number of nitrogens with one attached hydrogen (secondary N) is 1. The third-order valence-corrected chi connectivity index (χ3v) is 4.02. The number of aromatic nitrogens is 1. The molecule has 0 atom stereocenters. The van der Waals surface area contributed by atoms with Gasteiger partial charge in [0, 0.05) is 17.1 Å². The van der Waals surface area contributed by atoms with Gasteiger partial charge >= 0.3 is 0 Å². The van der Waals surface area contributed by atoms with Crippen LogP contribution < -0.4 is 20.5 Å². The summed E-state index contributed by atoms with van der Waals surface area (Å²) >= 11 is 1.58. The molecule has 3 N–H and O–H groups in total. The standard InChI is InChI=1S/C16H19N3O3S/c1-21-13-5-4-12(9-14(13)22-2)23-8-7-16(20)19-11-3-6-15(17)18-10-11/h3-6,9-10H,7-8H2,1-2H3,(H2,17,18)(H,19,20). The molecule has 6 nitrogen and oxygen atoms in total. The Hall–Kier alpha value is -2.41. The zero-order chi connectivity index (χ0) is 16.7. The molecular weight excluding hydrogens is 314 g/mol. The van der Waals surface area contributed by atoms with Gasteiger partial charge in [0.1, 0.15) is 5.82 Å². The Bertz CT molecular complexity index is 662. The second-order valence-corrected chi connectivity index (χ2v) is 5.80. The first kappa shape index (κ1) is 17.0. The van der Waals surface area contributed by atoms with E-state index in [9.17, 15) is 4.79 Å². The van der Waals surface area contributed by atoms with Gasteiger partial charge in [0.05, 0.1) is 26.1 Å². The molecule has 1 heterocycles. The number of hydrogen-bond acceptors (Lipinski definition) is 6. The minimum atomic E-state index is -0.0652. The van der Waals surface area contributed by atoms with Gasteiger partial charge in [0.15, 0.2) is 11.5 Å². The molecule has 23 heavy (non-hydrogen) atoms. The molecule has 0 bridgehead atoms. The number of hydrogen-bond donors (Lipinski definition) is 2. The number of pyridine rings is 1. The molecule has 0 spiro atoms. The maximum absolute atomic E-state index is 11.9. The summed E-state index contributed by atoms with van der Waals surface area (Å²) in [6, 6.07) is 9.05. The second-order valence-electron chi connectivity index (χ2n) is 4.64. The summed E-state index contributed by atoms with van der Waals surface area (Å²) < 4.78 is 10.5. The molecule has 0 unspecified atom stereocenters. The Balaban J connectivity index is 1.82. The van der Waals surface area contributed by atoms with Gasteiger partial charge in [-0.05, 0) is 30.3 Å². The molecule has 7 heteroatoms. The fourth-order valence-corrected chi connectivity index (χ4v) is 2.75. The molecule has 0 radical (unpaired) electrons. The average molecular weight is 333 g/mol. The van der Waals surface area contributed by atoms with Crippen LogP contribution in [0.5, 0.6) is 11.5 Å². The zero-order valence-corrected chi connectivity index (χ0v) is 13.9. The van der Waals surface area contributed by atoms with E-state index in [0.29, 0.717) is 35.2 Å². The third-order valence-electron chi connectivity index (χ3n) is 3.02. The van der Waals surface area contributed by atoms with Crippen molar-refractivity contribution in [2.24, 2.45) is 0 Å². The summed E-state index contributed by atoms with van der Waals surface area (Å²) in [5.74, 6) is 2.38. The van der Waals surface area contributed by atoms with E-state index in [1.165, 1.54) is 6.20 Å². The summed E-state index contributed by atoms with van der Waals surface area (Å²) in [5, 5.41) is 2.78. The van der Waals surface area contributed by atoms with Crippen LogP contribution in [0.3, 0.4) is 0 Å². The quantitative estimate of drug-likeness (QED) is 0.758. The number of carbonyl (C=O) groups excluding carboxylic acids is 1. The summed E-state index contributed by atoms with van der Waals surface area (Å²) in [7, 11) is 3.20. The van der Waals surface area contributed by atoms with Crippen molar-refractivity contribution in [3.05, 3.63) is 36.5 Å². The van der Waals surface area contributed by atoms with E-state index in [2.05, 4.69) is 10.3 Å². The fraction of sp³-hybridized carbons (Fsp3) is 0.250. The predicted molar refractivity (Wildman–Crippen MR) is 92.2 cm³/mol. The number of nitrogens with zero attached hydrogens (tertiary/aromatic N) is 1. The van der Waals surface area contributed by atoms with Crippen molar-refractivity contribution in [3.63, 3.8) is 0 Å². The number of thioether (sulfide) groups is 1. The normalized spacial score (nSPS) is 10.2. The van der Waals surface area contributed by atoms with Gasteiger partial charge in [-0.15, -0.1) is 11.8 Å². The monoisotopic (exact) mass is 333 g/mol. The lowest BCUT2D eigenvalue weighted by Crippen LogP contribution is -2.12. The van der Waals surface area contributed by atoms with Crippen LogP contribution in [0.4, 0.5) is 11.5 Å². The van der Waals surface area contributed by atoms with Crippen LogP contribution in [0, 0.1) is 0 Å². The van der Waals surface area contributed by atoms with Crippen molar-refractivity contribution in [1.29, 1.82) is 0 Å². The van der Waals surface area contributed by atoms with Crippen LogP contribution in [0.25, 0.3) is 0 Å². The summed E-state index contributed by atoms with van der Waals surface area (Å²) in [5.41, 5.74) is 6.14. The van der Waals surface area contributed by atoms with Gasteiger partial charge in [-0.3, -0.25) is 4.79 Å². The Kier molecular flexibility index (Phi) is 6.10. The van der Waals surface area contributed by atoms with Crippen LogP contribution >= 0.6 is 11.8 Å². The van der Waals surface area contributed by atoms with E-state index < -0.39 is 0 Å². The Morgan fingerprint density at radius 2 is 2.00 bits per heavy atom. The van der Waals surface area contributed by atoms with Gasteiger partial charge in [-0.25, -0.2) is 4.98 Å². The summed E-state index contributed by atoms with van der Waals surface area (Å²) in [4.78, 5) is 16.8. The van der Waals surface area contributed by atoms with Gasteiger partial charge in [-0.2, -0.15) is 0 Å². The number of nitrogen functional groups attached to an aromatic ring is 1.